The number of fused-ring (bicyclic) bond motifs is 3. The molecule has 5 N–H and O–H groups in total. The number of carbonyl (C=O) groups excluding carboxylic acids is 1. The third-order valence-corrected chi connectivity index (χ3v) is 9.31. The first-order chi connectivity index (χ1) is 17.1. The summed E-state index contributed by atoms with van der Waals surface area (Å²) in [6, 6.07) is 5.00. The Bertz CT molecular complexity index is 1280. The highest BCUT2D eigenvalue weighted by atomic mass is 32.2. The second-order valence-corrected chi connectivity index (χ2v) is 12.3. The number of benzene rings is 1. The van der Waals surface area contributed by atoms with Crippen molar-refractivity contribution in [2.45, 2.75) is 69.2 Å². The van der Waals surface area contributed by atoms with Gasteiger partial charge >= 0.3 is 0 Å². The maximum absolute atomic E-state index is 14.9. The molecule has 1 aromatic carbocycles. The van der Waals surface area contributed by atoms with E-state index in [9.17, 15) is 22.7 Å². The van der Waals surface area contributed by atoms with Crippen molar-refractivity contribution in [2.75, 3.05) is 6.54 Å². The van der Waals surface area contributed by atoms with E-state index in [2.05, 4.69) is 15.1 Å². The molecule has 194 valence electrons. The molecule has 2 saturated heterocycles. The second-order valence-electron chi connectivity index (χ2n) is 10.9. The largest absolute Gasteiger partial charge is 0.392 e. The van der Waals surface area contributed by atoms with E-state index in [4.69, 9.17) is 5.14 Å². The molecule has 4 heterocycles. The van der Waals surface area contributed by atoms with Crippen molar-refractivity contribution in [2.24, 2.45) is 16.5 Å². The second kappa shape index (κ2) is 8.59. The summed E-state index contributed by atoms with van der Waals surface area (Å²) in [6.45, 7) is -0.0607. The normalized spacial score (nSPS) is 31.3. The first kappa shape index (κ1) is 24.0. The molecule has 7 rings (SSSR count). The monoisotopic (exact) mass is 518 g/mol. The van der Waals surface area contributed by atoms with Crippen molar-refractivity contribution in [3.05, 3.63) is 42.1 Å². The average Bonchev–Trinajstić information content (AvgIpc) is 3.38. The van der Waals surface area contributed by atoms with Crippen LogP contribution in [0, 0.1) is 17.2 Å². The van der Waals surface area contributed by atoms with Gasteiger partial charge in [-0.2, -0.15) is 8.42 Å². The van der Waals surface area contributed by atoms with Crippen molar-refractivity contribution in [3.63, 3.8) is 0 Å². The van der Waals surface area contributed by atoms with Gasteiger partial charge in [-0.25, -0.2) is 24.2 Å². The van der Waals surface area contributed by atoms with Gasteiger partial charge < -0.3 is 9.67 Å². The predicted molar refractivity (Wildman–Crippen MR) is 129 cm³/mol. The van der Waals surface area contributed by atoms with E-state index in [0.717, 1.165) is 43.4 Å². The molecule has 4 unspecified atom stereocenters. The number of nitrogens with zero attached hydrogens (tertiary/aromatic N) is 3. The lowest BCUT2D eigenvalue weighted by atomic mass is 9.53. The molecular weight excluding hydrogens is 487 g/mol. The number of imidazole rings is 1. The fourth-order valence-electron chi connectivity index (χ4n) is 7.47. The zero-order valence-electron chi connectivity index (χ0n) is 19.8. The number of hydrazine groups is 1. The van der Waals surface area contributed by atoms with E-state index in [-0.39, 0.29) is 48.2 Å². The van der Waals surface area contributed by atoms with E-state index in [0.29, 0.717) is 17.9 Å². The van der Waals surface area contributed by atoms with Gasteiger partial charge in [0.25, 0.3) is 10.2 Å². The molecule has 4 bridgehead atoms. The van der Waals surface area contributed by atoms with E-state index in [1.54, 1.807) is 18.6 Å². The zero-order chi connectivity index (χ0) is 25.2. The van der Waals surface area contributed by atoms with Gasteiger partial charge in [0.2, 0.25) is 5.91 Å². The maximum atomic E-state index is 14.9. The van der Waals surface area contributed by atoms with Crippen molar-refractivity contribution in [1.29, 1.82) is 0 Å². The first-order valence-electron chi connectivity index (χ1n) is 12.5. The summed E-state index contributed by atoms with van der Waals surface area (Å²) in [5.74, 6) is -0.0469. The molecule has 4 atom stereocenters. The lowest BCUT2D eigenvalue weighted by Gasteiger charge is -2.62. The number of piperidine rings is 2. The molecule has 3 aliphatic heterocycles. The Labute approximate surface area is 209 Å². The van der Waals surface area contributed by atoms with Crippen LogP contribution in [0.15, 0.2) is 30.7 Å². The quantitative estimate of drug-likeness (QED) is 0.414. The summed E-state index contributed by atoms with van der Waals surface area (Å²) in [5, 5.41) is 18.6. The van der Waals surface area contributed by atoms with Gasteiger partial charge in [0.15, 0.2) is 0 Å². The molecule has 2 aromatic rings. The van der Waals surface area contributed by atoms with Gasteiger partial charge in [0.05, 0.1) is 30.4 Å². The smallest absolute Gasteiger partial charge is 0.274 e. The molecule has 1 amide bonds. The van der Waals surface area contributed by atoms with Crippen LogP contribution in [0.2, 0.25) is 0 Å². The summed E-state index contributed by atoms with van der Waals surface area (Å²) < 4.78 is 41.1. The number of aromatic nitrogens is 2. The number of nitrogens with one attached hydrogen (secondary N) is 2. The average molecular weight is 519 g/mol. The molecule has 0 radical (unpaired) electrons. The number of nitrogens with two attached hydrogens (primary N) is 1. The van der Waals surface area contributed by atoms with E-state index in [1.165, 1.54) is 6.07 Å². The maximum Gasteiger partial charge on any atom is 0.274 e. The molecular formula is C24H31FN6O4S. The Kier molecular flexibility index (Phi) is 5.72. The topological polar surface area (TPSA) is 143 Å². The van der Waals surface area contributed by atoms with Crippen LogP contribution in [-0.2, 0) is 15.0 Å². The highest BCUT2D eigenvalue weighted by molar-refractivity contribution is 7.87. The molecule has 36 heavy (non-hydrogen) atoms. The third kappa shape index (κ3) is 4.04. The molecule has 1 aromatic heterocycles. The lowest BCUT2D eigenvalue weighted by Crippen LogP contribution is -2.68. The summed E-state index contributed by atoms with van der Waals surface area (Å²) in [6.07, 6.45) is 7.60. The van der Waals surface area contributed by atoms with E-state index >= 15 is 0 Å². The number of hydrogen-bond donors (Lipinski definition) is 4. The standard InChI is InChI=1S/C24H31FN6O4S/c25-18-3-1-2-17-20-12-27-13-30(20)19(23(17)18)8-21(32)24-9-14-6-15(10-24)31(16(7-14)11-24)29-22(33)4-5-28-36(26,34)35/h1-3,12-16,19,21,28,32H,4-11H2,(H,29,33)(H2,26,34,35). The van der Waals surface area contributed by atoms with Crippen molar-refractivity contribution < 1.29 is 22.7 Å². The summed E-state index contributed by atoms with van der Waals surface area (Å²) in [4.78, 5) is 16.7. The van der Waals surface area contributed by atoms with Crippen molar-refractivity contribution >= 4 is 16.1 Å². The van der Waals surface area contributed by atoms with Crippen molar-refractivity contribution in [3.8, 4) is 11.3 Å². The molecule has 10 nitrogen and oxygen atoms in total. The minimum Gasteiger partial charge on any atom is -0.392 e. The number of amides is 1. The summed E-state index contributed by atoms with van der Waals surface area (Å²) in [5.41, 5.74) is 5.04. The van der Waals surface area contributed by atoms with Crippen molar-refractivity contribution in [1.82, 2.24) is 24.7 Å². The first-order valence-corrected chi connectivity index (χ1v) is 14.0. The number of aliphatic hydroxyl groups is 1. The van der Waals surface area contributed by atoms with Crippen LogP contribution in [0.3, 0.4) is 0 Å². The minimum absolute atomic E-state index is 0.0105. The van der Waals surface area contributed by atoms with Crippen LogP contribution in [0.4, 0.5) is 4.39 Å². The highest BCUT2D eigenvalue weighted by Crippen LogP contribution is 2.58. The van der Waals surface area contributed by atoms with Crippen LogP contribution in [0.25, 0.3) is 11.3 Å². The molecule has 0 spiro atoms. The van der Waals surface area contributed by atoms with Gasteiger partial charge in [-0.3, -0.25) is 10.2 Å². The number of hydrogen-bond acceptors (Lipinski definition) is 6. The van der Waals surface area contributed by atoms with Crippen LogP contribution in [0.5, 0.6) is 0 Å². The molecule has 4 fully saturated rings. The Morgan fingerprint density at radius 3 is 2.75 bits per heavy atom. The Balaban J connectivity index is 1.16. The van der Waals surface area contributed by atoms with Crippen LogP contribution in [-0.4, -0.2) is 58.7 Å². The number of halogens is 1. The van der Waals surface area contributed by atoms with Crippen LogP contribution < -0.4 is 15.3 Å². The molecule has 12 heteroatoms. The van der Waals surface area contributed by atoms with E-state index < -0.39 is 16.3 Å². The number of rotatable bonds is 8. The Hall–Kier alpha value is -2.38. The van der Waals surface area contributed by atoms with Crippen LogP contribution >= 0.6 is 0 Å². The molecule has 5 aliphatic rings. The summed E-state index contributed by atoms with van der Waals surface area (Å²) in [7, 11) is -3.83. The highest BCUT2D eigenvalue weighted by Gasteiger charge is 2.58. The molecule has 2 aliphatic carbocycles. The SMILES string of the molecule is NS(=O)(=O)NCCC(=O)NN1C2CC3CC1CC(C(O)CC1c4c(F)cccc4-c4cncn41)(C3)C2. The lowest BCUT2D eigenvalue weighted by molar-refractivity contribution is -0.176. The van der Waals surface area contributed by atoms with Gasteiger partial charge in [0, 0.05) is 36.2 Å². The Morgan fingerprint density at radius 2 is 2.03 bits per heavy atom. The van der Waals surface area contributed by atoms with Gasteiger partial charge in [-0.05, 0) is 55.9 Å². The van der Waals surface area contributed by atoms with E-state index in [1.807, 2.05) is 15.6 Å². The summed E-state index contributed by atoms with van der Waals surface area (Å²) >= 11 is 0. The van der Waals surface area contributed by atoms with Gasteiger partial charge in [0.1, 0.15) is 5.82 Å². The fourth-order valence-corrected chi connectivity index (χ4v) is 7.86. The number of carbonyl (C=O) groups is 1. The van der Waals surface area contributed by atoms with Gasteiger partial charge in [-0.15, -0.1) is 0 Å². The molecule has 2 saturated carbocycles. The predicted octanol–water partition coefficient (Wildman–Crippen LogP) is 1.19. The fraction of sp³-hybridized carbons (Fsp3) is 0.583. The Morgan fingerprint density at radius 1 is 1.28 bits per heavy atom. The zero-order valence-corrected chi connectivity index (χ0v) is 20.6. The van der Waals surface area contributed by atoms with Gasteiger partial charge in [-0.1, -0.05) is 12.1 Å². The van der Waals surface area contributed by atoms with Crippen LogP contribution in [0.1, 0.15) is 56.6 Å². The minimum atomic E-state index is -3.83. The number of aliphatic hydroxyl groups excluding tert-OH is 1. The third-order valence-electron chi connectivity index (χ3n) is 8.70.